The van der Waals surface area contributed by atoms with Crippen LogP contribution in [-0.2, 0) is 6.18 Å². The Morgan fingerprint density at radius 2 is 2.00 bits per heavy atom. The Labute approximate surface area is 89.1 Å². The molecular weight excluding hydrogens is 219 g/mol. The number of nitrogens with one attached hydrogen (secondary N) is 1. The van der Waals surface area contributed by atoms with Crippen LogP contribution in [0.4, 0.5) is 13.2 Å². The summed E-state index contributed by atoms with van der Waals surface area (Å²) in [7, 11) is 0. The summed E-state index contributed by atoms with van der Waals surface area (Å²) in [6, 6.07) is 3.31. The number of hydrogen-bond donors (Lipinski definition) is 1. The fourth-order valence-electron chi connectivity index (χ4n) is 1.68. The Kier molecular flexibility index (Phi) is 2.26. The summed E-state index contributed by atoms with van der Waals surface area (Å²) < 4.78 is 37.4. The van der Waals surface area contributed by atoms with Gasteiger partial charge in [0.05, 0.1) is 5.56 Å². The Hall–Kier alpha value is -1.78. The highest BCUT2D eigenvalue weighted by Crippen LogP contribution is 2.32. The fraction of sp³-hybridized carbons (Fsp3) is 0.182. The van der Waals surface area contributed by atoms with Gasteiger partial charge in [-0.05, 0) is 25.1 Å². The minimum atomic E-state index is -4.39. The normalized spacial score (nSPS) is 12.0. The van der Waals surface area contributed by atoms with Gasteiger partial charge in [-0.3, -0.25) is 4.79 Å². The summed E-state index contributed by atoms with van der Waals surface area (Å²) in [6.07, 6.45) is -3.83. The maximum Gasteiger partial charge on any atom is 0.416 e. The van der Waals surface area contributed by atoms with Crippen LogP contribution in [-0.4, -0.2) is 11.3 Å². The molecule has 0 fully saturated rings. The molecule has 1 aromatic heterocycles. The van der Waals surface area contributed by atoms with Crippen molar-refractivity contribution in [2.45, 2.75) is 13.1 Å². The molecule has 0 aliphatic rings. The smallest absolute Gasteiger partial charge is 0.358 e. The van der Waals surface area contributed by atoms with Crippen LogP contribution in [0.15, 0.2) is 18.2 Å². The minimum absolute atomic E-state index is 0.279. The highest BCUT2D eigenvalue weighted by atomic mass is 19.4. The van der Waals surface area contributed by atoms with Crippen LogP contribution in [0.5, 0.6) is 0 Å². The highest BCUT2D eigenvalue weighted by molar-refractivity contribution is 5.99. The zero-order valence-corrected chi connectivity index (χ0v) is 8.35. The van der Waals surface area contributed by atoms with E-state index in [4.69, 9.17) is 0 Å². The van der Waals surface area contributed by atoms with Gasteiger partial charge in [-0.1, -0.05) is 0 Å². The number of alkyl halides is 3. The van der Waals surface area contributed by atoms with Gasteiger partial charge >= 0.3 is 6.18 Å². The second kappa shape index (κ2) is 3.37. The summed E-state index contributed by atoms with van der Waals surface area (Å²) in [5.74, 6) is 0. The number of aldehydes is 1. The zero-order valence-electron chi connectivity index (χ0n) is 8.35. The van der Waals surface area contributed by atoms with Gasteiger partial charge in [-0.2, -0.15) is 13.2 Å². The topological polar surface area (TPSA) is 32.9 Å². The zero-order chi connectivity index (χ0) is 11.9. The van der Waals surface area contributed by atoms with Crippen molar-refractivity contribution in [3.63, 3.8) is 0 Å². The molecule has 1 N–H and O–H groups in total. The Morgan fingerprint density at radius 1 is 1.31 bits per heavy atom. The van der Waals surface area contributed by atoms with Gasteiger partial charge in [0.1, 0.15) is 0 Å². The number of benzene rings is 1. The average molecular weight is 227 g/mol. The molecule has 84 valence electrons. The first-order valence-electron chi connectivity index (χ1n) is 4.58. The fourth-order valence-corrected chi connectivity index (χ4v) is 1.68. The predicted octanol–water partition coefficient (Wildman–Crippen LogP) is 3.31. The molecule has 0 unspecified atom stereocenters. The predicted molar refractivity (Wildman–Crippen MR) is 53.4 cm³/mol. The van der Waals surface area contributed by atoms with Crippen molar-refractivity contribution >= 4 is 17.2 Å². The molecule has 0 aliphatic heterocycles. The maximum atomic E-state index is 12.5. The van der Waals surface area contributed by atoms with E-state index in [1.807, 2.05) is 0 Å². The third-order valence-electron chi connectivity index (χ3n) is 2.48. The van der Waals surface area contributed by atoms with E-state index >= 15 is 0 Å². The molecule has 1 heterocycles. The third-order valence-corrected chi connectivity index (χ3v) is 2.48. The minimum Gasteiger partial charge on any atom is -0.358 e. The van der Waals surface area contributed by atoms with Crippen molar-refractivity contribution in [2.24, 2.45) is 0 Å². The van der Waals surface area contributed by atoms with Crippen molar-refractivity contribution in [2.75, 3.05) is 0 Å². The van der Waals surface area contributed by atoms with Gasteiger partial charge in [0.2, 0.25) is 0 Å². The average Bonchev–Trinajstić information content (AvgIpc) is 2.50. The Balaban J connectivity index is 2.73. The number of rotatable bonds is 1. The number of H-pyrrole nitrogens is 1. The highest BCUT2D eigenvalue weighted by Gasteiger charge is 2.30. The second-order valence-electron chi connectivity index (χ2n) is 3.54. The van der Waals surface area contributed by atoms with Gasteiger partial charge in [0.15, 0.2) is 6.29 Å². The molecule has 0 bridgehead atoms. The molecule has 0 saturated carbocycles. The van der Waals surface area contributed by atoms with Gasteiger partial charge in [0, 0.05) is 22.2 Å². The van der Waals surface area contributed by atoms with E-state index in [0.29, 0.717) is 22.9 Å². The largest absolute Gasteiger partial charge is 0.416 e. The maximum absolute atomic E-state index is 12.5. The second-order valence-corrected chi connectivity index (χ2v) is 3.54. The molecule has 2 rings (SSSR count). The van der Waals surface area contributed by atoms with Crippen LogP contribution in [0.25, 0.3) is 10.9 Å². The molecule has 0 saturated heterocycles. The molecule has 0 spiro atoms. The van der Waals surface area contributed by atoms with E-state index in [1.54, 1.807) is 6.92 Å². The number of aromatic amines is 1. The summed E-state index contributed by atoms with van der Waals surface area (Å²) in [4.78, 5) is 13.6. The summed E-state index contributed by atoms with van der Waals surface area (Å²) in [5.41, 5.74) is 0.639. The molecule has 0 aliphatic carbocycles. The van der Waals surface area contributed by atoms with Gasteiger partial charge in [-0.25, -0.2) is 0 Å². The van der Waals surface area contributed by atoms with Crippen LogP contribution in [0.3, 0.4) is 0 Å². The summed E-state index contributed by atoms with van der Waals surface area (Å²) in [5, 5.41) is 0.308. The van der Waals surface area contributed by atoms with E-state index in [0.717, 1.165) is 12.1 Å². The van der Waals surface area contributed by atoms with Crippen LogP contribution in [0.2, 0.25) is 0 Å². The lowest BCUT2D eigenvalue weighted by molar-refractivity contribution is -0.137. The molecule has 2 nitrogen and oxygen atoms in total. The first-order valence-corrected chi connectivity index (χ1v) is 4.58. The monoisotopic (exact) mass is 227 g/mol. The van der Waals surface area contributed by atoms with Crippen molar-refractivity contribution in [3.05, 3.63) is 35.0 Å². The number of fused-ring (bicyclic) bond motifs is 1. The Morgan fingerprint density at radius 3 is 2.56 bits per heavy atom. The first-order chi connectivity index (χ1) is 7.43. The van der Waals surface area contributed by atoms with Crippen LogP contribution >= 0.6 is 0 Å². The van der Waals surface area contributed by atoms with Crippen molar-refractivity contribution in [1.29, 1.82) is 0 Å². The number of hydrogen-bond acceptors (Lipinski definition) is 1. The molecule has 16 heavy (non-hydrogen) atoms. The third kappa shape index (κ3) is 1.58. The number of carbonyl (C=O) groups is 1. The SMILES string of the molecule is Cc1[nH]c2ccc(C(F)(F)F)cc2c1C=O. The number of aryl methyl sites for hydroxylation is 1. The summed E-state index contributed by atoms with van der Waals surface area (Å²) in [6.45, 7) is 1.65. The van der Waals surface area contributed by atoms with E-state index in [1.165, 1.54) is 6.07 Å². The molecular formula is C11H8F3NO. The van der Waals surface area contributed by atoms with E-state index in [9.17, 15) is 18.0 Å². The first kappa shape index (κ1) is 10.7. The number of halogens is 3. The molecule has 2 aromatic rings. The lowest BCUT2D eigenvalue weighted by Crippen LogP contribution is -2.04. The van der Waals surface area contributed by atoms with Crippen LogP contribution in [0.1, 0.15) is 21.6 Å². The van der Waals surface area contributed by atoms with E-state index in [2.05, 4.69) is 4.98 Å². The Bertz CT molecular complexity index is 554. The van der Waals surface area contributed by atoms with Crippen LogP contribution in [0, 0.1) is 6.92 Å². The quantitative estimate of drug-likeness (QED) is 0.745. The standard InChI is InChI=1S/C11H8F3NO/c1-6-9(5-16)8-4-7(11(12,13)14)2-3-10(8)15-6/h2-5,15H,1H3. The van der Waals surface area contributed by atoms with E-state index in [-0.39, 0.29) is 5.56 Å². The molecule has 1 aromatic carbocycles. The van der Waals surface area contributed by atoms with Gasteiger partial charge in [0.25, 0.3) is 0 Å². The van der Waals surface area contributed by atoms with Crippen molar-refractivity contribution in [1.82, 2.24) is 4.98 Å². The van der Waals surface area contributed by atoms with E-state index < -0.39 is 11.7 Å². The molecule has 0 radical (unpaired) electrons. The van der Waals surface area contributed by atoms with Gasteiger partial charge in [-0.15, -0.1) is 0 Å². The molecule has 0 atom stereocenters. The summed E-state index contributed by atoms with van der Waals surface area (Å²) >= 11 is 0. The van der Waals surface area contributed by atoms with Crippen molar-refractivity contribution in [3.8, 4) is 0 Å². The number of aromatic nitrogens is 1. The molecule has 0 amide bonds. The lowest BCUT2D eigenvalue weighted by Gasteiger charge is -2.05. The molecule has 5 heteroatoms. The lowest BCUT2D eigenvalue weighted by atomic mass is 10.1. The number of carbonyl (C=O) groups excluding carboxylic acids is 1. The van der Waals surface area contributed by atoms with Crippen molar-refractivity contribution < 1.29 is 18.0 Å². The van der Waals surface area contributed by atoms with Gasteiger partial charge < -0.3 is 4.98 Å². The van der Waals surface area contributed by atoms with Crippen LogP contribution < -0.4 is 0 Å².